The Morgan fingerprint density at radius 1 is 1.44 bits per heavy atom. The number of nitrogens with two attached hydrogens (primary N) is 1. The first-order chi connectivity index (χ1) is 8.74. The standard InChI is InChI=1S/C12H10ClN3S2/c13-9-2-1-3-10(14)11(9)18-7-8-6-16-4-5-17-12(16)15-8/h1-6H,7,14H2. The molecule has 0 fully saturated rings. The quantitative estimate of drug-likeness (QED) is 0.588. The molecule has 0 unspecified atom stereocenters. The first kappa shape index (κ1) is 11.9. The molecule has 0 radical (unpaired) electrons. The fourth-order valence-electron chi connectivity index (χ4n) is 1.67. The molecule has 0 aliphatic carbocycles. The molecule has 0 atom stereocenters. The summed E-state index contributed by atoms with van der Waals surface area (Å²) in [5.74, 6) is 0.766. The lowest BCUT2D eigenvalue weighted by Crippen LogP contribution is -1.89. The third-order valence-corrected chi connectivity index (χ3v) is 4.89. The zero-order valence-corrected chi connectivity index (χ0v) is 11.7. The fraction of sp³-hybridized carbons (Fsp3) is 0.0833. The average molecular weight is 296 g/mol. The molecular formula is C12H10ClN3S2. The molecule has 0 saturated carbocycles. The van der Waals surface area contributed by atoms with Gasteiger partial charge in [0, 0.05) is 34.1 Å². The van der Waals surface area contributed by atoms with E-state index >= 15 is 0 Å². The highest BCUT2D eigenvalue weighted by Gasteiger charge is 2.08. The summed E-state index contributed by atoms with van der Waals surface area (Å²) < 4.78 is 2.02. The van der Waals surface area contributed by atoms with Crippen molar-refractivity contribution in [3.63, 3.8) is 0 Å². The molecule has 3 nitrogen and oxygen atoms in total. The van der Waals surface area contributed by atoms with Crippen LogP contribution in [0.1, 0.15) is 5.69 Å². The van der Waals surface area contributed by atoms with Gasteiger partial charge in [-0.3, -0.25) is 4.40 Å². The Morgan fingerprint density at radius 2 is 2.33 bits per heavy atom. The third kappa shape index (κ3) is 2.21. The van der Waals surface area contributed by atoms with E-state index in [0.29, 0.717) is 10.7 Å². The van der Waals surface area contributed by atoms with Crippen LogP contribution < -0.4 is 5.73 Å². The Kier molecular flexibility index (Phi) is 3.20. The van der Waals surface area contributed by atoms with Crippen molar-refractivity contribution in [2.45, 2.75) is 10.6 Å². The normalized spacial score (nSPS) is 11.2. The van der Waals surface area contributed by atoms with Crippen molar-refractivity contribution in [1.82, 2.24) is 9.38 Å². The van der Waals surface area contributed by atoms with Gasteiger partial charge >= 0.3 is 0 Å². The molecule has 92 valence electrons. The molecule has 0 aliphatic heterocycles. The number of benzene rings is 1. The monoisotopic (exact) mass is 295 g/mol. The molecule has 0 bridgehead atoms. The summed E-state index contributed by atoms with van der Waals surface area (Å²) in [6.07, 6.45) is 4.04. The summed E-state index contributed by atoms with van der Waals surface area (Å²) in [6.45, 7) is 0. The fourth-order valence-corrected chi connectivity index (χ4v) is 3.61. The van der Waals surface area contributed by atoms with E-state index < -0.39 is 0 Å². The third-order valence-electron chi connectivity index (χ3n) is 2.50. The van der Waals surface area contributed by atoms with Crippen LogP contribution in [0.2, 0.25) is 5.02 Å². The van der Waals surface area contributed by atoms with Crippen molar-refractivity contribution < 1.29 is 0 Å². The van der Waals surface area contributed by atoms with Crippen LogP contribution in [0.4, 0.5) is 5.69 Å². The van der Waals surface area contributed by atoms with Gasteiger partial charge in [0.2, 0.25) is 0 Å². The number of thiazole rings is 1. The lowest BCUT2D eigenvalue weighted by atomic mass is 10.3. The first-order valence-corrected chi connectivity index (χ1v) is 7.56. The van der Waals surface area contributed by atoms with Gasteiger partial charge in [-0.25, -0.2) is 4.98 Å². The smallest absolute Gasteiger partial charge is 0.193 e. The number of aromatic nitrogens is 2. The van der Waals surface area contributed by atoms with Crippen molar-refractivity contribution >= 4 is 45.3 Å². The van der Waals surface area contributed by atoms with Gasteiger partial charge in [-0.2, -0.15) is 0 Å². The van der Waals surface area contributed by atoms with Crippen LogP contribution in [0.3, 0.4) is 0 Å². The number of hydrogen-bond acceptors (Lipinski definition) is 4. The molecule has 2 aromatic heterocycles. The second kappa shape index (κ2) is 4.84. The molecule has 0 saturated heterocycles. The van der Waals surface area contributed by atoms with E-state index in [1.54, 1.807) is 23.1 Å². The summed E-state index contributed by atoms with van der Waals surface area (Å²) in [4.78, 5) is 6.46. The molecule has 0 aliphatic rings. The Balaban J connectivity index is 1.80. The number of rotatable bonds is 3. The maximum absolute atomic E-state index is 6.13. The Bertz CT molecular complexity index is 641. The zero-order valence-electron chi connectivity index (χ0n) is 9.34. The van der Waals surface area contributed by atoms with Crippen LogP contribution in [-0.2, 0) is 5.75 Å². The molecule has 0 spiro atoms. The second-order valence-electron chi connectivity index (χ2n) is 3.77. The highest BCUT2D eigenvalue weighted by atomic mass is 35.5. The number of hydrogen-bond donors (Lipinski definition) is 1. The van der Waals surface area contributed by atoms with E-state index in [9.17, 15) is 0 Å². The van der Waals surface area contributed by atoms with Crippen molar-refractivity contribution in [3.05, 3.63) is 46.7 Å². The largest absolute Gasteiger partial charge is 0.398 e. The van der Waals surface area contributed by atoms with Gasteiger partial charge < -0.3 is 5.73 Å². The van der Waals surface area contributed by atoms with Crippen LogP contribution in [0.15, 0.2) is 40.9 Å². The van der Waals surface area contributed by atoms with Crippen molar-refractivity contribution in [3.8, 4) is 0 Å². The number of nitrogen functional groups attached to an aromatic ring is 1. The van der Waals surface area contributed by atoms with Crippen molar-refractivity contribution in [1.29, 1.82) is 0 Å². The van der Waals surface area contributed by atoms with Crippen LogP contribution in [-0.4, -0.2) is 9.38 Å². The van der Waals surface area contributed by atoms with Gasteiger partial charge in [0.05, 0.1) is 10.7 Å². The average Bonchev–Trinajstić information content (AvgIpc) is 2.88. The van der Waals surface area contributed by atoms with Gasteiger partial charge in [-0.1, -0.05) is 17.7 Å². The predicted octanol–water partition coefficient (Wildman–Crippen LogP) is 3.92. The van der Waals surface area contributed by atoms with Gasteiger partial charge in [0.15, 0.2) is 4.96 Å². The molecule has 6 heteroatoms. The first-order valence-electron chi connectivity index (χ1n) is 5.32. The number of halogens is 1. The van der Waals surface area contributed by atoms with Gasteiger partial charge in [-0.15, -0.1) is 23.1 Å². The molecule has 2 N–H and O–H groups in total. The summed E-state index contributed by atoms with van der Waals surface area (Å²) >= 11 is 9.37. The molecule has 18 heavy (non-hydrogen) atoms. The number of nitrogens with zero attached hydrogens (tertiary/aromatic N) is 2. The van der Waals surface area contributed by atoms with E-state index in [-0.39, 0.29) is 0 Å². The van der Waals surface area contributed by atoms with Crippen LogP contribution in [0.25, 0.3) is 4.96 Å². The van der Waals surface area contributed by atoms with Gasteiger partial charge in [-0.05, 0) is 12.1 Å². The Morgan fingerprint density at radius 3 is 3.11 bits per heavy atom. The van der Waals surface area contributed by atoms with E-state index in [1.807, 2.05) is 40.4 Å². The number of imidazole rings is 1. The molecule has 1 aromatic carbocycles. The highest BCUT2D eigenvalue weighted by Crippen LogP contribution is 2.34. The minimum atomic E-state index is 0.695. The summed E-state index contributed by atoms with van der Waals surface area (Å²) in [7, 11) is 0. The van der Waals surface area contributed by atoms with E-state index in [1.165, 1.54) is 0 Å². The zero-order chi connectivity index (χ0) is 12.5. The summed E-state index contributed by atoms with van der Waals surface area (Å²) in [5, 5.41) is 2.71. The Hall–Kier alpha value is -1.17. The molecule has 3 rings (SSSR count). The van der Waals surface area contributed by atoms with E-state index in [0.717, 1.165) is 21.3 Å². The van der Waals surface area contributed by atoms with Gasteiger partial charge in [0.1, 0.15) is 0 Å². The lowest BCUT2D eigenvalue weighted by Gasteiger charge is -2.05. The number of fused-ring (bicyclic) bond motifs is 1. The van der Waals surface area contributed by atoms with Crippen molar-refractivity contribution in [2.24, 2.45) is 0 Å². The number of anilines is 1. The lowest BCUT2D eigenvalue weighted by molar-refractivity contribution is 1.21. The molecule has 2 heterocycles. The summed E-state index contributed by atoms with van der Waals surface area (Å²) in [6, 6.07) is 5.57. The van der Waals surface area contributed by atoms with Gasteiger partial charge in [0.25, 0.3) is 0 Å². The minimum Gasteiger partial charge on any atom is -0.398 e. The highest BCUT2D eigenvalue weighted by molar-refractivity contribution is 7.98. The Labute approximate surface area is 118 Å². The maximum atomic E-state index is 6.13. The van der Waals surface area contributed by atoms with E-state index in [2.05, 4.69) is 4.98 Å². The predicted molar refractivity (Wildman–Crippen MR) is 78.5 cm³/mol. The SMILES string of the molecule is Nc1cccc(Cl)c1SCc1cn2ccsc2n1. The van der Waals surface area contributed by atoms with Crippen LogP contribution in [0.5, 0.6) is 0 Å². The molecular weight excluding hydrogens is 286 g/mol. The topological polar surface area (TPSA) is 43.3 Å². The second-order valence-corrected chi connectivity index (χ2v) is 6.04. The van der Waals surface area contributed by atoms with Crippen LogP contribution >= 0.6 is 34.7 Å². The van der Waals surface area contributed by atoms with Crippen LogP contribution in [0, 0.1) is 0 Å². The van der Waals surface area contributed by atoms with E-state index in [4.69, 9.17) is 17.3 Å². The molecule has 3 aromatic rings. The molecule has 0 amide bonds. The summed E-state index contributed by atoms with van der Waals surface area (Å²) in [5.41, 5.74) is 7.66. The van der Waals surface area contributed by atoms with Crippen molar-refractivity contribution in [2.75, 3.05) is 5.73 Å². The minimum absolute atomic E-state index is 0.695. The maximum Gasteiger partial charge on any atom is 0.193 e. The number of thioether (sulfide) groups is 1.